The van der Waals surface area contributed by atoms with Crippen molar-refractivity contribution in [2.24, 2.45) is 11.7 Å². The van der Waals surface area contributed by atoms with E-state index < -0.39 is 0 Å². The van der Waals surface area contributed by atoms with Gasteiger partial charge in [0.2, 0.25) is 0 Å². The summed E-state index contributed by atoms with van der Waals surface area (Å²) in [6.07, 6.45) is 7.21. The Hall–Kier alpha value is -0.540. The molecule has 3 unspecified atom stereocenters. The fraction of sp³-hybridized carbons (Fsp3) is 0.625. The summed E-state index contributed by atoms with van der Waals surface area (Å²) >= 11 is 3.53. The zero-order chi connectivity index (χ0) is 13.5. The van der Waals surface area contributed by atoms with Gasteiger partial charge in [0.25, 0.3) is 0 Å². The fourth-order valence-corrected chi connectivity index (χ4v) is 4.25. The highest BCUT2D eigenvalue weighted by atomic mass is 79.9. The Morgan fingerprint density at radius 2 is 2.26 bits per heavy atom. The van der Waals surface area contributed by atoms with Crippen LogP contribution in [0, 0.1) is 5.92 Å². The molecule has 3 atom stereocenters. The van der Waals surface area contributed by atoms with Crippen molar-refractivity contribution in [2.45, 2.75) is 57.1 Å². The van der Waals surface area contributed by atoms with Crippen molar-refractivity contribution in [3.05, 3.63) is 28.2 Å². The van der Waals surface area contributed by atoms with E-state index in [0.717, 1.165) is 28.6 Å². The monoisotopic (exact) mass is 323 g/mol. The van der Waals surface area contributed by atoms with Crippen LogP contribution in [0.5, 0.6) is 5.75 Å². The summed E-state index contributed by atoms with van der Waals surface area (Å²) in [4.78, 5) is 0. The summed E-state index contributed by atoms with van der Waals surface area (Å²) in [6.45, 7) is 2.28. The van der Waals surface area contributed by atoms with Crippen LogP contribution in [0.1, 0.15) is 57.1 Å². The van der Waals surface area contributed by atoms with E-state index >= 15 is 0 Å². The first kappa shape index (κ1) is 13.4. The van der Waals surface area contributed by atoms with Crippen molar-refractivity contribution in [2.75, 3.05) is 0 Å². The van der Waals surface area contributed by atoms with Gasteiger partial charge in [-0.05, 0) is 43.7 Å². The van der Waals surface area contributed by atoms with E-state index in [4.69, 9.17) is 10.5 Å². The Labute approximate surface area is 123 Å². The quantitative estimate of drug-likeness (QED) is 0.821. The molecule has 1 spiro atoms. The molecule has 1 saturated carbocycles. The third-order valence-electron chi connectivity index (χ3n) is 4.89. The van der Waals surface area contributed by atoms with Crippen LogP contribution in [0.25, 0.3) is 0 Å². The van der Waals surface area contributed by atoms with Crippen LogP contribution in [0.3, 0.4) is 0 Å². The van der Waals surface area contributed by atoms with Crippen LogP contribution in [0.15, 0.2) is 22.7 Å². The number of nitrogens with two attached hydrogens (primary N) is 1. The maximum absolute atomic E-state index is 6.51. The molecule has 0 bridgehead atoms. The van der Waals surface area contributed by atoms with Gasteiger partial charge in [-0.2, -0.15) is 0 Å². The van der Waals surface area contributed by atoms with E-state index in [1.165, 1.54) is 25.7 Å². The molecule has 3 heteroatoms. The molecule has 2 aliphatic rings. The average molecular weight is 324 g/mol. The average Bonchev–Trinajstić information content (AvgIpc) is 2.38. The van der Waals surface area contributed by atoms with Crippen LogP contribution in [0.4, 0.5) is 0 Å². The minimum Gasteiger partial charge on any atom is -0.487 e. The zero-order valence-corrected chi connectivity index (χ0v) is 13.1. The molecule has 1 aliphatic heterocycles. The molecule has 2 N–H and O–H groups in total. The molecule has 0 amide bonds. The maximum atomic E-state index is 6.51. The van der Waals surface area contributed by atoms with Crippen LogP contribution in [-0.2, 0) is 0 Å². The van der Waals surface area contributed by atoms with Crippen LogP contribution in [-0.4, -0.2) is 5.60 Å². The summed E-state index contributed by atoms with van der Waals surface area (Å²) < 4.78 is 7.57. The largest absolute Gasteiger partial charge is 0.487 e. The normalized spacial score (nSPS) is 33.8. The lowest BCUT2D eigenvalue weighted by Crippen LogP contribution is -2.50. The molecular formula is C16H22BrNO. The summed E-state index contributed by atoms with van der Waals surface area (Å²) in [6, 6.07) is 6.35. The first-order chi connectivity index (χ1) is 9.14. The van der Waals surface area contributed by atoms with E-state index in [9.17, 15) is 0 Å². The topological polar surface area (TPSA) is 35.2 Å². The first-order valence-electron chi connectivity index (χ1n) is 7.38. The predicted molar refractivity (Wildman–Crippen MR) is 81.3 cm³/mol. The summed E-state index contributed by atoms with van der Waals surface area (Å²) in [5.41, 5.74) is 7.57. The molecule has 104 valence electrons. The molecule has 2 nitrogen and oxygen atoms in total. The molecule has 1 aromatic rings. The third kappa shape index (κ3) is 2.31. The summed E-state index contributed by atoms with van der Waals surface area (Å²) in [5, 5.41) is 0. The molecule has 19 heavy (non-hydrogen) atoms. The van der Waals surface area contributed by atoms with Crippen molar-refractivity contribution < 1.29 is 4.74 Å². The van der Waals surface area contributed by atoms with E-state index in [0.29, 0.717) is 5.92 Å². The second-order valence-corrected chi connectivity index (χ2v) is 6.93. The molecule has 0 aromatic heterocycles. The Balaban J connectivity index is 1.98. The summed E-state index contributed by atoms with van der Waals surface area (Å²) in [7, 11) is 0. The minimum atomic E-state index is -0.0137. The molecule has 1 fully saturated rings. The van der Waals surface area contributed by atoms with Gasteiger partial charge in [-0.1, -0.05) is 35.3 Å². The van der Waals surface area contributed by atoms with Crippen molar-refractivity contribution in [1.82, 2.24) is 0 Å². The second kappa shape index (κ2) is 5.10. The van der Waals surface area contributed by atoms with Crippen LogP contribution >= 0.6 is 15.9 Å². The van der Waals surface area contributed by atoms with Gasteiger partial charge in [0.1, 0.15) is 11.4 Å². The van der Waals surface area contributed by atoms with E-state index in [1.807, 2.05) is 0 Å². The minimum absolute atomic E-state index is 0.0137. The van der Waals surface area contributed by atoms with Gasteiger partial charge in [-0.3, -0.25) is 0 Å². The number of rotatable bonds is 1. The lowest BCUT2D eigenvalue weighted by atomic mass is 9.69. The van der Waals surface area contributed by atoms with Gasteiger partial charge in [-0.25, -0.2) is 0 Å². The predicted octanol–water partition coefficient (Wildman–Crippen LogP) is 4.57. The van der Waals surface area contributed by atoms with Crippen LogP contribution < -0.4 is 10.5 Å². The molecular weight excluding hydrogens is 302 g/mol. The SMILES string of the molecule is CCC1CCCCC12CC(N)c1ccc(Br)cc1O2. The summed E-state index contributed by atoms with van der Waals surface area (Å²) in [5.74, 6) is 1.65. The molecule has 0 saturated heterocycles. The van der Waals surface area contributed by atoms with Crippen molar-refractivity contribution >= 4 is 15.9 Å². The Bertz CT molecular complexity index is 476. The Kier molecular flexibility index (Phi) is 3.61. The standard InChI is InChI=1S/C16H22BrNO/c1-2-11-5-3-4-8-16(11)10-14(18)13-7-6-12(17)9-15(13)19-16/h6-7,9,11,14H,2-5,8,10,18H2,1H3. The third-order valence-corrected chi connectivity index (χ3v) is 5.39. The van der Waals surface area contributed by atoms with Crippen molar-refractivity contribution in [1.29, 1.82) is 0 Å². The van der Waals surface area contributed by atoms with Gasteiger partial charge in [-0.15, -0.1) is 0 Å². The van der Waals surface area contributed by atoms with Crippen molar-refractivity contribution in [3.8, 4) is 5.75 Å². The number of hydrogen-bond acceptors (Lipinski definition) is 2. The van der Waals surface area contributed by atoms with Crippen molar-refractivity contribution in [3.63, 3.8) is 0 Å². The van der Waals surface area contributed by atoms with E-state index in [-0.39, 0.29) is 11.6 Å². The molecule has 0 radical (unpaired) electrons. The van der Waals surface area contributed by atoms with Gasteiger partial charge in [0, 0.05) is 22.5 Å². The van der Waals surface area contributed by atoms with E-state index in [2.05, 4.69) is 41.1 Å². The number of hydrogen-bond donors (Lipinski definition) is 1. The lowest BCUT2D eigenvalue weighted by molar-refractivity contribution is -0.0490. The number of halogens is 1. The number of fused-ring (bicyclic) bond motifs is 1. The highest BCUT2D eigenvalue weighted by molar-refractivity contribution is 9.10. The molecule has 1 heterocycles. The fourth-order valence-electron chi connectivity index (χ4n) is 3.91. The van der Waals surface area contributed by atoms with Gasteiger partial charge in [0.05, 0.1) is 0 Å². The zero-order valence-electron chi connectivity index (χ0n) is 11.5. The van der Waals surface area contributed by atoms with Crippen LogP contribution in [0.2, 0.25) is 0 Å². The Morgan fingerprint density at radius 1 is 1.42 bits per heavy atom. The highest BCUT2D eigenvalue weighted by Gasteiger charge is 2.46. The lowest BCUT2D eigenvalue weighted by Gasteiger charge is -2.48. The smallest absolute Gasteiger partial charge is 0.126 e. The molecule has 1 aliphatic carbocycles. The van der Waals surface area contributed by atoms with Gasteiger partial charge in [0.15, 0.2) is 0 Å². The maximum Gasteiger partial charge on any atom is 0.126 e. The second-order valence-electron chi connectivity index (χ2n) is 6.01. The number of benzene rings is 1. The first-order valence-corrected chi connectivity index (χ1v) is 8.18. The molecule has 3 rings (SSSR count). The van der Waals surface area contributed by atoms with Gasteiger partial charge >= 0.3 is 0 Å². The number of ether oxygens (including phenoxy) is 1. The Morgan fingerprint density at radius 3 is 3.05 bits per heavy atom. The molecule has 1 aromatic carbocycles. The highest BCUT2D eigenvalue weighted by Crippen LogP contribution is 2.49. The van der Waals surface area contributed by atoms with E-state index in [1.54, 1.807) is 0 Å². The van der Waals surface area contributed by atoms with Gasteiger partial charge < -0.3 is 10.5 Å².